The molecule has 0 spiro atoms. The third-order valence-corrected chi connectivity index (χ3v) is 5.83. The van der Waals surface area contributed by atoms with Crippen molar-refractivity contribution in [3.63, 3.8) is 0 Å². The van der Waals surface area contributed by atoms with Crippen LogP contribution < -0.4 is 5.69 Å². The van der Waals surface area contributed by atoms with E-state index in [0.29, 0.717) is 6.54 Å². The van der Waals surface area contributed by atoms with E-state index < -0.39 is 0 Å². The number of aryl methyl sites for hydroxylation is 2. The molecule has 27 heavy (non-hydrogen) atoms. The van der Waals surface area contributed by atoms with Crippen LogP contribution in [0.5, 0.6) is 0 Å². The van der Waals surface area contributed by atoms with Crippen LogP contribution in [0.1, 0.15) is 60.4 Å². The highest BCUT2D eigenvalue weighted by Crippen LogP contribution is 2.32. The predicted molar refractivity (Wildman–Crippen MR) is 111 cm³/mol. The normalized spacial score (nSPS) is 15.2. The Labute approximate surface area is 161 Å². The maximum Gasteiger partial charge on any atom is 0.333 e. The zero-order chi connectivity index (χ0) is 18.8. The molecule has 0 radical (unpaired) electrons. The number of nitrogens with zero attached hydrogens (tertiary/aromatic N) is 2. The van der Waals surface area contributed by atoms with E-state index in [0.717, 1.165) is 17.3 Å². The summed E-state index contributed by atoms with van der Waals surface area (Å²) < 4.78 is 3.60. The van der Waals surface area contributed by atoms with Crippen LogP contribution in [-0.4, -0.2) is 9.13 Å². The largest absolute Gasteiger partial charge is 0.333 e. The predicted octanol–water partition coefficient (Wildman–Crippen LogP) is 5.35. The van der Waals surface area contributed by atoms with Crippen molar-refractivity contribution in [1.29, 1.82) is 0 Å². The minimum Gasteiger partial charge on any atom is -0.294 e. The summed E-state index contributed by atoms with van der Waals surface area (Å²) in [5, 5.41) is 0. The first-order valence-electron chi connectivity index (χ1n) is 10.1. The van der Waals surface area contributed by atoms with Gasteiger partial charge in [-0.2, -0.15) is 0 Å². The van der Waals surface area contributed by atoms with Crippen LogP contribution in [0, 0.1) is 13.8 Å². The third-order valence-electron chi connectivity index (χ3n) is 5.83. The van der Waals surface area contributed by atoms with Gasteiger partial charge in [0.15, 0.2) is 0 Å². The van der Waals surface area contributed by atoms with Gasteiger partial charge in [-0.15, -0.1) is 0 Å². The van der Waals surface area contributed by atoms with Crippen molar-refractivity contribution in [3.8, 4) is 5.69 Å². The number of benzene rings is 2. The molecule has 140 valence electrons. The molecular formula is C24H28N2O. The molecule has 4 rings (SSSR count). The average Bonchev–Trinajstić information content (AvgIpc) is 2.97. The first-order valence-corrected chi connectivity index (χ1v) is 10.1. The summed E-state index contributed by atoms with van der Waals surface area (Å²) in [6.07, 6.45) is 8.68. The van der Waals surface area contributed by atoms with Crippen LogP contribution in [0.4, 0.5) is 0 Å². The van der Waals surface area contributed by atoms with E-state index in [2.05, 4.69) is 31.2 Å². The first-order chi connectivity index (χ1) is 13.1. The fourth-order valence-corrected chi connectivity index (χ4v) is 4.27. The summed E-state index contributed by atoms with van der Waals surface area (Å²) in [4.78, 5) is 12.9. The molecule has 0 aliphatic heterocycles. The van der Waals surface area contributed by atoms with Gasteiger partial charge in [0, 0.05) is 11.9 Å². The summed E-state index contributed by atoms with van der Waals surface area (Å²) in [6.45, 7) is 4.66. The second-order valence-corrected chi connectivity index (χ2v) is 7.93. The highest BCUT2D eigenvalue weighted by Gasteiger charge is 2.15. The number of aromatic nitrogens is 2. The maximum atomic E-state index is 12.9. The molecule has 0 atom stereocenters. The standard InChI is InChI=1S/C24H28N2O/c1-18-8-14-23(15-9-18)26-19(2)16-25(24(26)27)17-20-10-12-22(13-11-20)21-6-4-3-5-7-21/h8-16,21H,3-7,17H2,1-2H3. The molecule has 2 aromatic carbocycles. The molecule has 0 bridgehead atoms. The van der Waals surface area contributed by atoms with Gasteiger partial charge in [0.2, 0.25) is 0 Å². The first kappa shape index (κ1) is 17.8. The van der Waals surface area contributed by atoms with Crippen molar-refractivity contribution >= 4 is 0 Å². The fourth-order valence-electron chi connectivity index (χ4n) is 4.27. The van der Waals surface area contributed by atoms with Crippen LogP contribution >= 0.6 is 0 Å². The monoisotopic (exact) mass is 360 g/mol. The van der Waals surface area contributed by atoms with Gasteiger partial charge in [-0.05, 0) is 55.9 Å². The molecule has 1 saturated carbocycles. The molecule has 0 saturated heterocycles. The van der Waals surface area contributed by atoms with E-state index >= 15 is 0 Å². The smallest absolute Gasteiger partial charge is 0.294 e. The molecule has 1 aliphatic carbocycles. The zero-order valence-electron chi connectivity index (χ0n) is 16.3. The van der Waals surface area contributed by atoms with E-state index in [1.54, 1.807) is 4.57 Å². The van der Waals surface area contributed by atoms with Crippen molar-refractivity contribution in [2.75, 3.05) is 0 Å². The van der Waals surface area contributed by atoms with E-state index in [-0.39, 0.29) is 5.69 Å². The quantitative estimate of drug-likeness (QED) is 0.616. The lowest BCUT2D eigenvalue weighted by Crippen LogP contribution is -2.24. The van der Waals surface area contributed by atoms with Crippen LogP contribution in [0.15, 0.2) is 59.5 Å². The van der Waals surface area contributed by atoms with Crippen LogP contribution in [0.25, 0.3) is 5.69 Å². The Kier molecular flexibility index (Phi) is 5.02. The summed E-state index contributed by atoms with van der Waals surface area (Å²) in [7, 11) is 0. The third kappa shape index (κ3) is 3.78. The Morgan fingerprint density at radius 3 is 2.22 bits per heavy atom. The van der Waals surface area contributed by atoms with Crippen molar-refractivity contribution in [1.82, 2.24) is 9.13 Å². The lowest BCUT2D eigenvalue weighted by atomic mass is 9.84. The minimum absolute atomic E-state index is 0.0210. The summed E-state index contributed by atoms with van der Waals surface area (Å²) in [6, 6.07) is 17.0. The van der Waals surface area contributed by atoms with Gasteiger partial charge in [-0.1, -0.05) is 61.2 Å². The molecule has 1 aromatic heterocycles. The Hall–Kier alpha value is -2.55. The Bertz CT molecular complexity index is 955. The molecule has 0 unspecified atom stereocenters. The van der Waals surface area contributed by atoms with Crippen LogP contribution in [-0.2, 0) is 6.54 Å². The number of hydrogen-bond acceptors (Lipinski definition) is 1. The lowest BCUT2D eigenvalue weighted by molar-refractivity contribution is 0.443. The number of rotatable bonds is 4. The van der Waals surface area contributed by atoms with Gasteiger partial charge in [-0.3, -0.25) is 9.13 Å². The second-order valence-electron chi connectivity index (χ2n) is 7.93. The number of hydrogen-bond donors (Lipinski definition) is 0. The van der Waals surface area contributed by atoms with Crippen molar-refractivity contribution in [3.05, 3.63) is 87.6 Å². The molecule has 3 heteroatoms. The molecule has 1 aliphatic rings. The van der Waals surface area contributed by atoms with Crippen LogP contribution in [0.2, 0.25) is 0 Å². The zero-order valence-corrected chi connectivity index (χ0v) is 16.3. The van der Waals surface area contributed by atoms with E-state index in [4.69, 9.17) is 0 Å². The van der Waals surface area contributed by atoms with Crippen LogP contribution in [0.3, 0.4) is 0 Å². The minimum atomic E-state index is 0.0210. The highest BCUT2D eigenvalue weighted by molar-refractivity contribution is 5.36. The van der Waals surface area contributed by atoms with E-state index in [1.165, 1.54) is 48.8 Å². The van der Waals surface area contributed by atoms with Crippen molar-refractivity contribution < 1.29 is 0 Å². The molecule has 1 heterocycles. The summed E-state index contributed by atoms with van der Waals surface area (Å²) in [5.74, 6) is 0.723. The van der Waals surface area contributed by atoms with E-state index in [1.807, 2.05) is 42.0 Å². The highest BCUT2D eigenvalue weighted by atomic mass is 16.1. The molecule has 1 fully saturated rings. The van der Waals surface area contributed by atoms with Gasteiger partial charge < -0.3 is 0 Å². The fraction of sp³-hybridized carbons (Fsp3) is 0.375. The molecule has 3 aromatic rings. The van der Waals surface area contributed by atoms with Gasteiger partial charge in [0.25, 0.3) is 0 Å². The topological polar surface area (TPSA) is 26.9 Å². The van der Waals surface area contributed by atoms with Crippen molar-refractivity contribution in [2.45, 2.75) is 58.4 Å². The maximum absolute atomic E-state index is 12.9. The van der Waals surface area contributed by atoms with E-state index in [9.17, 15) is 4.79 Å². The summed E-state index contributed by atoms with van der Waals surface area (Å²) in [5.41, 5.74) is 5.74. The molecule has 0 amide bonds. The van der Waals surface area contributed by atoms with Crippen molar-refractivity contribution in [2.24, 2.45) is 0 Å². The Morgan fingerprint density at radius 2 is 1.56 bits per heavy atom. The summed E-state index contributed by atoms with van der Waals surface area (Å²) >= 11 is 0. The molecule has 0 N–H and O–H groups in total. The second kappa shape index (κ2) is 7.59. The lowest BCUT2D eigenvalue weighted by Gasteiger charge is -2.22. The SMILES string of the molecule is Cc1ccc(-n2c(C)cn(Cc3ccc(C4CCCCC4)cc3)c2=O)cc1. The van der Waals surface area contributed by atoms with Gasteiger partial charge in [-0.25, -0.2) is 4.79 Å². The molecular weight excluding hydrogens is 332 g/mol. The average molecular weight is 361 g/mol. The van der Waals surface area contributed by atoms with Gasteiger partial charge in [0.05, 0.1) is 12.2 Å². The van der Waals surface area contributed by atoms with Gasteiger partial charge in [0.1, 0.15) is 0 Å². The Morgan fingerprint density at radius 1 is 0.889 bits per heavy atom. The molecule has 3 nitrogen and oxygen atoms in total. The van der Waals surface area contributed by atoms with Gasteiger partial charge >= 0.3 is 5.69 Å². The number of imidazole rings is 1. The Balaban J connectivity index is 1.55.